The number of fused-ring (bicyclic) bond motifs is 1. The monoisotopic (exact) mass is 335 g/mol. The van der Waals surface area contributed by atoms with Gasteiger partial charge in [0.2, 0.25) is 5.91 Å². The van der Waals surface area contributed by atoms with E-state index in [1.165, 1.54) is 0 Å². The first-order valence-corrected chi connectivity index (χ1v) is 9.63. The molecule has 1 aliphatic heterocycles. The third kappa shape index (κ3) is 3.39. The van der Waals surface area contributed by atoms with Gasteiger partial charge in [-0.05, 0) is 24.5 Å². The molecule has 0 radical (unpaired) electrons. The molecule has 0 aliphatic carbocycles. The molecule has 1 saturated heterocycles. The molecule has 0 bridgehead atoms. The summed E-state index contributed by atoms with van der Waals surface area (Å²) >= 11 is 0. The Labute approximate surface area is 135 Å². The van der Waals surface area contributed by atoms with Gasteiger partial charge < -0.3 is 10.3 Å². The lowest BCUT2D eigenvalue weighted by Gasteiger charge is -2.22. The van der Waals surface area contributed by atoms with E-state index >= 15 is 0 Å². The zero-order valence-electron chi connectivity index (χ0n) is 13.2. The Bertz CT molecular complexity index is 793. The first-order chi connectivity index (χ1) is 10.9. The number of benzene rings is 1. The molecule has 2 aromatic rings. The van der Waals surface area contributed by atoms with Crippen molar-refractivity contribution < 1.29 is 13.2 Å². The van der Waals surface area contributed by atoms with Crippen molar-refractivity contribution in [3.8, 4) is 0 Å². The second kappa shape index (κ2) is 5.96. The molecule has 0 saturated carbocycles. The molecular formula is C16H21N3O3S. The molecule has 0 spiro atoms. The van der Waals surface area contributed by atoms with Gasteiger partial charge in [-0.25, -0.2) is 13.4 Å². The van der Waals surface area contributed by atoms with Crippen LogP contribution in [-0.4, -0.2) is 35.8 Å². The van der Waals surface area contributed by atoms with E-state index in [0.717, 1.165) is 11.0 Å². The highest BCUT2D eigenvalue weighted by Crippen LogP contribution is 2.24. The summed E-state index contributed by atoms with van der Waals surface area (Å²) in [6.07, 6.45) is 0.402. The van der Waals surface area contributed by atoms with E-state index in [1.807, 2.05) is 38.1 Å². The molecule has 1 aromatic heterocycles. The molecule has 1 aromatic carbocycles. The van der Waals surface area contributed by atoms with Crippen molar-refractivity contribution in [3.63, 3.8) is 0 Å². The second-order valence-corrected chi connectivity index (χ2v) is 8.70. The topological polar surface area (TPSA) is 91.9 Å². The minimum Gasteiger partial charge on any atom is -0.346 e. The largest absolute Gasteiger partial charge is 0.346 e. The number of carbonyl (C=O) groups is 1. The molecule has 23 heavy (non-hydrogen) atoms. The summed E-state index contributed by atoms with van der Waals surface area (Å²) in [6, 6.07) is 7.43. The normalized spacial score (nSPS) is 21.6. The standard InChI is InChI=1S/C16H21N3O3S/c1-10(2)14(15-17-12-5-3-4-6-13(12)18-15)19-16(20)11-7-8-23(21,22)9-11/h3-6,10-11,14H,7-9H2,1-2H3,(H,17,18)(H,19,20)/t11?,14-/m0/s1. The van der Waals surface area contributed by atoms with E-state index in [-0.39, 0.29) is 29.4 Å². The number of aromatic nitrogens is 2. The molecule has 1 amide bonds. The number of nitrogens with one attached hydrogen (secondary N) is 2. The summed E-state index contributed by atoms with van der Waals surface area (Å²) in [5, 5.41) is 2.98. The van der Waals surface area contributed by atoms with Crippen LogP contribution in [0, 0.1) is 11.8 Å². The van der Waals surface area contributed by atoms with Crippen LogP contribution in [0.5, 0.6) is 0 Å². The van der Waals surface area contributed by atoms with Crippen LogP contribution in [0.3, 0.4) is 0 Å². The lowest BCUT2D eigenvalue weighted by molar-refractivity contribution is -0.125. The van der Waals surface area contributed by atoms with Crippen molar-refractivity contribution >= 4 is 26.8 Å². The van der Waals surface area contributed by atoms with E-state index in [1.54, 1.807) is 0 Å². The molecule has 2 atom stereocenters. The van der Waals surface area contributed by atoms with Gasteiger partial charge in [-0.15, -0.1) is 0 Å². The zero-order chi connectivity index (χ0) is 16.6. The Hall–Kier alpha value is -1.89. The Balaban J connectivity index is 1.80. The van der Waals surface area contributed by atoms with E-state index in [2.05, 4.69) is 15.3 Å². The van der Waals surface area contributed by atoms with Crippen LogP contribution in [0.4, 0.5) is 0 Å². The van der Waals surface area contributed by atoms with Crippen LogP contribution in [0.25, 0.3) is 11.0 Å². The van der Waals surface area contributed by atoms with Crippen LogP contribution in [-0.2, 0) is 14.6 Å². The summed E-state index contributed by atoms with van der Waals surface area (Å²) in [6.45, 7) is 4.01. The van der Waals surface area contributed by atoms with Gasteiger partial charge in [0.15, 0.2) is 9.84 Å². The maximum absolute atomic E-state index is 12.4. The number of sulfone groups is 1. The van der Waals surface area contributed by atoms with E-state index in [4.69, 9.17) is 0 Å². The third-order valence-electron chi connectivity index (χ3n) is 4.27. The third-order valence-corrected chi connectivity index (χ3v) is 6.04. The molecule has 1 fully saturated rings. The Morgan fingerprint density at radius 3 is 2.70 bits per heavy atom. The van der Waals surface area contributed by atoms with Crippen molar-refractivity contribution in [1.82, 2.24) is 15.3 Å². The molecule has 6 nitrogen and oxygen atoms in total. The second-order valence-electron chi connectivity index (χ2n) is 6.47. The van der Waals surface area contributed by atoms with Crippen LogP contribution in [0.2, 0.25) is 0 Å². The smallest absolute Gasteiger partial charge is 0.224 e. The summed E-state index contributed by atoms with van der Waals surface area (Å²) < 4.78 is 23.1. The predicted octanol–water partition coefficient (Wildman–Crippen LogP) is 1.81. The van der Waals surface area contributed by atoms with Gasteiger partial charge in [-0.2, -0.15) is 0 Å². The van der Waals surface area contributed by atoms with Gasteiger partial charge >= 0.3 is 0 Å². The van der Waals surface area contributed by atoms with Gasteiger partial charge in [0, 0.05) is 0 Å². The number of imidazole rings is 1. The fourth-order valence-electron chi connectivity index (χ4n) is 2.94. The van der Waals surface area contributed by atoms with Crippen LogP contribution in [0.15, 0.2) is 24.3 Å². The maximum Gasteiger partial charge on any atom is 0.224 e. The minimum absolute atomic E-state index is 0.0518. The van der Waals surface area contributed by atoms with Crippen LogP contribution < -0.4 is 5.32 Å². The number of H-pyrrole nitrogens is 1. The van der Waals surface area contributed by atoms with Gasteiger partial charge in [0.05, 0.1) is 34.5 Å². The van der Waals surface area contributed by atoms with Crippen molar-refractivity contribution in [2.24, 2.45) is 11.8 Å². The van der Waals surface area contributed by atoms with Crippen molar-refractivity contribution in [2.75, 3.05) is 11.5 Å². The van der Waals surface area contributed by atoms with Gasteiger partial charge in [-0.3, -0.25) is 4.79 Å². The Kier molecular flexibility index (Phi) is 4.14. The summed E-state index contributed by atoms with van der Waals surface area (Å²) in [5.41, 5.74) is 1.77. The Morgan fingerprint density at radius 1 is 1.35 bits per heavy atom. The number of rotatable bonds is 4. The molecule has 7 heteroatoms. The molecular weight excluding hydrogens is 314 g/mol. The number of carbonyl (C=O) groups excluding carboxylic acids is 1. The summed E-state index contributed by atoms with van der Waals surface area (Å²) in [7, 11) is -3.07. The lowest BCUT2D eigenvalue weighted by atomic mass is 10.0. The highest BCUT2D eigenvalue weighted by molar-refractivity contribution is 7.91. The first kappa shape index (κ1) is 16.0. The molecule has 1 aliphatic rings. The number of para-hydroxylation sites is 2. The van der Waals surface area contributed by atoms with Crippen LogP contribution in [0.1, 0.15) is 32.1 Å². The highest BCUT2D eigenvalue weighted by atomic mass is 32.2. The lowest BCUT2D eigenvalue weighted by Crippen LogP contribution is -2.37. The van der Waals surface area contributed by atoms with Crippen molar-refractivity contribution in [1.29, 1.82) is 0 Å². The zero-order valence-corrected chi connectivity index (χ0v) is 14.1. The van der Waals surface area contributed by atoms with Gasteiger partial charge in [0.1, 0.15) is 5.82 Å². The predicted molar refractivity (Wildman–Crippen MR) is 88.6 cm³/mol. The molecule has 2 N–H and O–H groups in total. The average molecular weight is 335 g/mol. The van der Waals surface area contributed by atoms with Crippen molar-refractivity contribution in [3.05, 3.63) is 30.1 Å². The van der Waals surface area contributed by atoms with Gasteiger partial charge in [-0.1, -0.05) is 26.0 Å². The number of hydrogen-bond donors (Lipinski definition) is 2. The molecule has 124 valence electrons. The first-order valence-electron chi connectivity index (χ1n) is 7.81. The summed E-state index contributed by atoms with van der Waals surface area (Å²) in [5.74, 6) is 0.232. The van der Waals surface area contributed by atoms with Gasteiger partial charge in [0.25, 0.3) is 0 Å². The number of hydrogen-bond acceptors (Lipinski definition) is 4. The van der Waals surface area contributed by atoms with Crippen LogP contribution >= 0.6 is 0 Å². The quantitative estimate of drug-likeness (QED) is 0.891. The molecule has 1 unspecified atom stereocenters. The number of aromatic amines is 1. The average Bonchev–Trinajstić information content (AvgIpc) is 3.06. The van der Waals surface area contributed by atoms with E-state index < -0.39 is 15.8 Å². The number of nitrogens with zero attached hydrogens (tertiary/aromatic N) is 1. The number of amides is 1. The fraction of sp³-hybridized carbons (Fsp3) is 0.500. The SMILES string of the molecule is CC(C)[C@H](NC(=O)C1CCS(=O)(=O)C1)c1nc2ccccc2[nH]1. The summed E-state index contributed by atoms with van der Waals surface area (Å²) in [4.78, 5) is 20.2. The van der Waals surface area contributed by atoms with E-state index in [9.17, 15) is 13.2 Å². The Morgan fingerprint density at radius 2 is 2.09 bits per heavy atom. The van der Waals surface area contributed by atoms with E-state index in [0.29, 0.717) is 12.2 Å². The minimum atomic E-state index is -3.07. The highest BCUT2D eigenvalue weighted by Gasteiger charge is 2.34. The maximum atomic E-state index is 12.4. The fourth-order valence-corrected chi connectivity index (χ4v) is 4.68. The van der Waals surface area contributed by atoms with Crippen molar-refractivity contribution in [2.45, 2.75) is 26.3 Å². The molecule has 2 heterocycles. The molecule has 3 rings (SSSR count).